The highest BCUT2D eigenvalue weighted by Crippen LogP contribution is 2.26. The molecule has 1 aromatic heterocycles. The van der Waals surface area contributed by atoms with Crippen LogP contribution >= 0.6 is 31.9 Å². The van der Waals surface area contributed by atoms with Crippen LogP contribution in [0.25, 0.3) is 0 Å². The van der Waals surface area contributed by atoms with Crippen molar-refractivity contribution in [2.75, 3.05) is 5.32 Å². The maximum absolute atomic E-state index is 13.0. The second-order valence-electron chi connectivity index (χ2n) is 4.16. The van der Waals surface area contributed by atoms with Crippen molar-refractivity contribution in [2.45, 2.75) is 19.9 Å². The number of nitrogens with one attached hydrogen (secondary N) is 1. The fourth-order valence-corrected chi connectivity index (χ4v) is 3.07. The number of aryl methyl sites for hydroxylation is 2. The normalized spacial score (nSPS) is 10.8. The van der Waals surface area contributed by atoms with E-state index in [1.807, 2.05) is 11.7 Å². The maximum Gasteiger partial charge on any atom is 0.124 e. The summed E-state index contributed by atoms with van der Waals surface area (Å²) < 4.78 is 16.6. The molecule has 0 saturated carbocycles. The Hall–Kier alpha value is -0.880. The van der Waals surface area contributed by atoms with Gasteiger partial charge in [0.2, 0.25) is 0 Å². The number of anilines is 1. The average Bonchev–Trinajstić information content (AvgIpc) is 2.64. The minimum atomic E-state index is -0.257. The van der Waals surface area contributed by atoms with Crippen LogP contribution < -0.4 is 5.32 Å². The summed E-state index contributed by atoms with van der Waals surface area (Å²) in [4.78, 5) is 0. The predicted molar refractivity (Wildman–Crippen MR) is 81.7 cm³/mol. The molecule has 0 aliphatic rings. The van der Waals surface area contributed by atoms with E-state index in [4.69, 9.17) is 0 Å². The van der Waals surface area contributed by atoms with E-state index in [-0.39, 0.29) is 5.82 Å². The molecule has 0 aliphatic carbocycles. The summed E-state index contributed by atoms with van der Waals surface area (Å²) in [5, 5.41) is 7.71. The van der Waals surface area contributed by atoms with Crippen LogP contribution in [0.5, 0.6) is 0 Å². The van der Waals surface area contributed by atoms with Crippen molar-refractivity contribution in [1.29, 1.82) is 0 Å². The van der Waals surface area contributed by atoms with E-state index in [1.165, 1.54) is 12.1 Å². The molecule has 102 valence electrons. The van der Waals surface area contributed by atoms with Crippen molar-refractivity contribution in [3.05, 3.63) is 44.3 Å². The standard InChI is InChI=1S/C13H14Br2FN3/c1-3-10-13(15)12(19(2)18-10)7-17-11-5-4-8(16)6-9(11)14/h4-6,17H,3,7H2,1-2H3. The van der Waals surface area contributed by atoms with Crippen molar-refractivity contribution in [3.8, 4) is 0 Å². The van der Waals surface area contributed by atoms with Crippen molar-refractivity contribution < 1.29 is 4.39 Å². The lowest BCUT2D eigenvalue weighted by Gasteiger charge is -2.09. The van der Waals surface area contributed by atoms with Gasteiger partial charge in [-0.15, -0.1) is 0 Å². The number of hydrogen-bond acceptors (Lipinski definition) is 2. The summed E-state index contributed by atoms with van der Waals surface area (Å²) in [6, 6.07) is 4.59. The van der Waals surface area contributed by atoms with Crippen LogP contribution in [0.1, 0.15) is 18.3 Å². The number of halogens is 3. The highest BCUT2D eigenvalue weighted by atomic mass is 79.9. The van der Waals surface area contributed by atoms with Crippen molar-refractivity contribution in [1.82, 2.24) is 9.78 Å². The highest BCUT2D eigenvalue weighted by Gasteiger charge is 2.12. The number of hydrogen-bond donors (Lipinski definition) is 1. The van der Waals surface area contributed by atoms with Gasteiger partial charge in [0.1, 0.15) is 5.82 Å². The summed E-state index contributed by atoms with van der Waals surface area (Å²) in [5.41, 5.74) is 2.96. The SMILES string of the molecule is CCc1nn(C)c(CNc2ccc(F)cc2Br)c1Br. The zero-order valence-electron chi connectivity index (χ0n) is 10.7. The van der Waals surface area contributed by atoms with Crippen molar-refractivity contribution in [3.63, 3.8) is 0 Å². The number of aromatic nitrogens is 2. The van der Waals surface area contributed by atoms with Gasteiger partial charge in [-0.05, 0) is 56.5 Å². The molecule has 0 fully saturated rings. The predicted octanol–water partition coefficient (Wildman–Crippen LogP) is 4.26. The summed E-state index contributed by atoms with van der Waals surface area (Å²) >= 11 is 6.91. The minimum absolute atomic E-state index is 0.257. The lowest BCUT2D eigenvalue weighted by molar-refractivity contribution is 0.627. The Morgan fingerprint density at radius 2 is 2.11 bits per heavy atom. The van der Waals surface area contributed by atoms with Crippen LogP contribution in [0.2, 0.25) is 0 Å². The Balaban J connectivity index is 2.16. The molecule has 2 aromatic rings. The van der Waals surface area contributed by atoms with Gasteiger partial charge in [0.05, 0.1) is 22.4 Å². The fraction of sp³-hybridized carbons (Fsp3) is 0.308. The molecule has 6 heteroatoms. The highest BCUT2D eigenvalue weighted by molar-refractivity contribution is 9.11. The Morgan fingerprint density at radius 3 is 2.68 bits per heavy atom. The quantitative estimate of drug-likeness (QED) is 0.845. The lowest BCUT2D eigenvalue weighted by Crippen LogP contribution is -2.06. The number of benzene rings is 1. The van der Waals surface area contributed by atoms with E-state index < -0.39 is 0 Å². The van der Waals surface area contributed by atoms with Crippen molar-refractivity contribution in [2.24, 2.45) is 7.05 Å². The molecule has 2 rings (SSSR count). The molecule has 3 nitrogen and oxygen atoms in total. The topological polar surface area (TPSA) is 29.9 Å². The Labute approximate surface area is 128 Å². The zero-order valence-corrected chi connectivity index (χ0v) is 13.8. The first-order chi connectivity index (χ1) is 9.02. The molecule has 1 aromatic carbocycles. The molecule has 0 unspecified atom stereocenters. The second kappa shape index (κ2) is 6.05. The van der Waals surface area contributed by atoms with Crippen LogP contribution in [-0.2, 0) is 20.0 Å². The first-order valence-electron chi connectivity index (χ1n) is 5.92. The van der Waals surface area contributed by atoms with E-state index in [9.17, 15) is 4.39 Å². The zero-order chi connectivity index (χ0) is 14.0. The fourth-order valence-electron chi connectivity index (χ4n) is 1.82. The van der Waals surface area contributed by atoms with Crippen LogP contribution in [0.4, 0.5) is 10.1 Å². The van der Waals surface area contributed by atoms with Crippen LogP contribution in [0.15, 0.2) is 27.1 Å². The molecule has 0 atom stereocenters. The Bertz CT molecular complexity index is 596. The van der Waals surface area contributed by atoms with Crippen LogP contribution in [0, 0.1) is 5.82 Å². The molecule has 0 saturated heterocycles. The smallest absolute Gasteiger partial charge is 0.124 e. The summed E-state index contributed by atoms with van der Waals surface area (Å²) in [5.74, 6) is -0.257. The van der Waals surface area contributed by atoms with Gasteiger partial charge < -0.3 is 5.32 Å². The molecule has 0 radical (unpaired) electrons. The first-order valence-corrected chi connectivity index (χ1v) is 7.50. The molecule has 19 heavy (non-hydrogen) atoms. The molecule has 1 heterocycles. The molecular formula is C13H14Br2FN3. The largest absolute Gasteiger partial charge is 0.378 e. The molecule has 0 bridgehead atoms. The Morgan fingerprint density at radius 1 is 1.37 bits per heavy atom. The van der Waals surface area contributed by atoms with E-state index in [0.29, 0.717) is 11.0 Å². The van der Waals surface area contributed by atoms with Crippen LogP contribution in [-0.4, -0.2) is 9.78 Å². The maximum atomic E-state index is 13.0. The first kappa shape index (κ1) is 14.5. The molecular weight excluding hydrogens is 377 g/mol. The van der Waals surface area contributed by atoms with E-state index in [2.05, 4.69) is 49.2 Å². The summed E-state index contributed by atoms with van der Waals surface area (Å²) in [7, 11) is 1.92. The minimum Gasteiger partial charge on any atom is -0.378 e. The lowest BCUT2D eigenvalue weighted by atomic mass is 10.3. The van der Waals surface area contributed by atoms with Gasteiger partial charge in [-0.25, -0.2) is 4.39 Å². The third kappa shape index (κ3) is 3.17. The van der Waals surface area contributed by atoms with E-state index in [1.54, 1.807) is 6.07 Å². The third-order valence-corrected chi connectivity index (χ3v) is 4.45. The molecule has 0 amide bonds. The van der Waals surface area contributed by atoms with Gasteiger partial charge in [0, 0.05) is 17.2 Å². The van der Waals surface area contributed by atoms with Gasteiger partial charge in [0.15, 0.2) is 0 Å². The van der Waals surface area contributed by atoms with Crippen molar-refractivity contribution >= 4 is 37.5 Å². The summed E-state index contributed by atoms with van der Waals surface area (Å²) in [6.07, 6.45) is 0.884. The Kier molecular flexibility index (Phi) is 4.62. The van der Waals surface area contributed by atoms with Gasteiger partial charge >= 0.3 is 0 Å². The third-order valence-electron chi connectivity index (χ3n) is 2.88. The molecule has 0 spiro atoms. The molecule has 0 aliphatic heterocycles. The van der Waals surface area contributed by atoms with Gasteiger partial charge in [-0.2, -0.15) is 5.10 Å². The van der Waals surface area contributed by atoms with E-state index >= 15 is 0 Å². The monoisotopic (exact) mass is 389 g/mol. The molecule has 1 N–H and O–H groups in total. The van der Waals surface area contributed by atoms with Crippen LogP contribution in [0.3, 0.4) is 0 Å². The van der Waals surface area contributed by atoms with Gasteiger partial charge in [-0.1, -0.05) is 6.92 Å². The summed E-state index contributed by atoms with van der Waals surface area (Å²) in [6.45, 7) is 2.69. The number of nitrogens with zero attached hydrogens (tertiary/aromatic N) is 2. The van der Waals surface area contributed by atoms with Gasteiger partial charge in [0.25, 0.3) is 0 Å². The average molecular weight is 391 g/mol. The second-order valence-corrected chi connectivity index (χ2v) is 5.81. The number of rotatable bonds is 4. The van der Waals surface area contributed by atoms with E-state index in [0.717, 1.165) is 28.0 Å². The van der Waals surface area contributed by atoms with Gasteiger partial charge in [-0.3, -0.25) is 4.68 Å².